The summed E-state index contributed by atoms with van der Waals surface area (Å²) in [6, 6.07) is 20.5. The molecule has 3 aliphatic carbocycles. The number of rotatable bonds is 12. The number of hydrogen-bond donors (Lipinski definition) is 3. The van der Waals surface area contributed by atoms with E-state index in [-0.39, 0.29) is 11.4 Å². The Hall–Kier alpha value is -5.87. The van der Waals surface area contributed by atoms with Crippen LogP contribution in [0.1, 0.15) is 117 Å². The van der Waals surface area contributed by atoms with E-state index in [9.17, 15) is 23.3 Å². The Balaban J connectivity index is 0.831. The Kier molecular flexibility index (Phi) is 10.4. The number of nitrogens with zero attached hydrogens (tertiary/aromatic N) is 7. The zero-order valence-electron chi connectivity index (χ0n) is 35.9. The van der Waals surface area contributed by atoms with Gasteiger partial charge in [0.25, 0.3) is 15.9 Å². The highest BCUT2D eigenvalue weighted by Crippen LogP contribution is 2.55. The maximum atomic E-state index is 14.2. The van der Waals surface area contributed by atoms with Crippen LogP contribution in [0.2, 0.25) is 0 Å². The van der Waals surface area contributed by atoms with E-state index in [0.29, 0.717) is 52.3 Å². The molecule has 3 saturated carbocycles. The number of piperidine rings is 1. The highest BCUT2D eigenvalue weighted by Gasteiger charge is 2.50. The predicted octanol–water partition coefficient (Wildman–Crippen LogP) is 8.78. The average molecular weight is 883 g/mol. The van der Waals surface area contributed by atoms with Crippen molar-refractivity contribution < 1.29 is 18.1 Å². The van der Waals surface area contributed by atoms with Gasteiger partial charge in [0.1, 0.15) is 16.1 Å². The summed E-state index contributed by atoms with van der Waals surface area (Å²) in [4.78, 5) is 42.4. The summed E-state index contributed by atoms with van der Waals surface area (Å²) in [5.41, 5.74) is 6.31. The highest BCUT2D eigenvalue weighted by atomic mass is 32.2. The van der Waals surface area contributed by atoms with Crippen LogP contribution in [0, 0.1) is 21.4 Å². The van der Waals surface area contributed by atoms with Gasteiger partial charge in [0.05, 0.1) is 34.1 Å². The highest BCUT2D eigenvalue weighted by molar-refractivity contribution is 7.90. The summed E-state index contributed by atoms with van der Waals surface area (Å²) >= 11 is 0. The minimum Gasteiger partial charge on any atom is -0.371 e. The molecule has 1 atom stereocenters. The number of amides is 1. The molecule has 3 N–H and O–H groups in total. The fourth-order valence-electron chi connectivity index (χ4n) is 11.4. The molecule has 332 valence electrons. The van der Waals surface area contributed by atoms with E-state index >= 15 is 0 Å². The largest absolute Gasteiger partial charge is 0.371 e. The van der Waals surface area contributed by atoms with Crippen LogP contribution in [0.25, 0.3) is 27.8 Å². The van der Waals surface area contributed by atoms with E-state index in [1.165, 1.54) is 51.5 Å². The summed E-state index contributed by atoms with van der Waals surface area (Å²) < 4.78 is 31.5. The first-order valence-corrected chi connectivity index (χ1v) is 24.6. The molecule has 15 nitrogen and oxygen atoms in total. The number of H-pyrrole nitrogens is 1. The maximum Gasteiger partial charge on any atom is 0.312 e. The number of carbonyl (C=O) groups excluding carboxylic acids is 1. The first kappa shape index (κ1) is 40.9. The third-order valence-electron chi connectivity index (χ3n) is 15.0. The smallest absolute Gasteiger partial charge is 0.312 e. The molecule has 0 bridgehead atoms. The van der Waals surface area contributed by atoms with E-state index in [1.54, 1.807) is 28.1 Å². The van der Waals surface area contributed by atoms with Crippen LogP contribution in [-0.2, 0) is 10.0 Å². The van der Waals surface area contributed by atoms with Crippen molar-refractivity contribution in [2.75, 3.05) is 36.4 Å². The number of aromatic nitrogens is 5. The van der Waals surface area contributed by atoms with Gasteiger partial charge in [-0.3, -0.25) is 19.8 Å². The number of pyridine rings is 2. The number of fused-ring (bicyclic) bond motifs is 2. The monoisotopic (exact) mass is 882 g/mol. The lowest BCUT2D eigenvalue weighted by molar-refractivity contribution is -0.384. The molecule has 6 heterocycles. The molecule has 5 fully saturated rings. The number of aromatic amines is 1. The molecule has 0 radical (unpaired) electrons. The molecule has 2 aliphatic heterocycles. The molecule has 2 saturated heterocycles. The normalized spacial score (nSPS) is 20.8. The number of anilines is 2. The zero-order chi connectivity index (χ0) is 43.6. The molecule has 0 unspecified atom stereocenters. The Morgan fingerprint density at radius 1 is 0.906 bits per heavy atom. The van der Waals surface area contributed by atoms with E-state index in [0.717, 1.165) is 80.9 Å². The van der Waals surface area contributed by atoms with Crippen molar-refractivity contribution in [2.24, 2.45) is 11.3 Å². The van der Waals surface area contributed by atoms with Crippen LogP contribution in [0.4, 0.5) is 17.2 Å². The Morgan fingerprint density at radius 3 is 2.48 bits per heavy atom. The molecule has 64 heavy (non-hydrogen) atoms. The molecule has 2 aromatic carbocycles. The van der Waals surface area contributed by atoms with Crippen molar-refractivity contribution in [3.63, 3.8) is 0 Å². The van der Waals surface area contributed by atoms with Crippen molar-refractivity contribution in [1.29, 1.82) is 0 Å². The minimum atomic E-state index is -4.59. The maximum absolute atomic E-state index is 14.2. The number of benzene rings is 2. The van der Waals surface area contributed by atoms with Crippen LogP contribution in [0.3, 0.4) is 0 Å². The second-order valence-electron chi connectivity index (χ2n) is 19.0. The summed E-state index contributed by atoms with van der Waals surface area (Å²) in [5.74, 6) is 0.212. The lowest BCUT2D eigenvalue weighted by atomic mass is 9.59. The van der Waals surface area contributed by atoms with Gasteiger partial charge in [-0.15, -0.1) is 0 Å². The number of sulfonamides is 1. The standard InChI is InChI=1S/C48H54N10O5S/c59-47(54-64(62,63)36-25-44(58(60)61)46(51-29-36)50-28-31-7-2-1-3-8-31)39-15-14-34(24-42(39)57-43-23-33-16-19-49-45(33)53-40(43)30-52-57)55-21-17-48(18-22-55)26-35(27-48)56-20-6-11-41(56)38-10-5-4-9-37(38)32-12-13-32/h4-5,9-10,14-16,19,23-25,29-32,35,41H,1-3,6-8,11-13,17-18,20-22,26-28H2,(H,49,53)(H,50,51)(H,54,59)/t41-/m0/s1. The van der Waals surface area contributed by atoms with Crippen LogP contribution in [0.5, 0.6) is 0 Å². The van der Waals surface area contributed by atoms with E-state index in [4.69, 9.17) is 4.98 Å². The van der Waals surface area contributed by atoms with Crippen molar-refractivity contribution in [2.45, 2.75) is 106 Å². The van der Waals surface area contributed by atoms with Gasteiger partial charge in [-0.05, 0) is 129 Å². The molecule has 16 heteroatoms. The van der Waals surface area contributed by atoms with Crippen LogP contribution in [0.15, 0.2) is 84.1 Å². The second kappa shape index (κ2) is 16.3. The SMILES string of the molecule is O=C(NS(=O)(=O)c1cnc(NCC2CCCCC2)c([N+](=O)[O-])c1)c1ccc(N2CCC3(CC2)CC(N2CCC[C@H]2c2ccccc2C2CC2)C3)cc1-n1ncc2nc3[nH]ccc3cc21. The molecule has 5 aliphatic rings. The van der Waals surface area contributed by atoms with E-state index in [1.807, 2.05) is 30.5 Å². The van der Waals surface area contributed by atoms with Gasteiger partial charge >= 0.3 is 5.69 Å². The van der Waals surface area contributed by atoms with Crippen molar-refractivity contribution in [1.82, 2.24) is 34.4 Å². The molecule has 6 aromatic rings. The number of likely N-dealkylation sites (tertiary alicyclic amines) is 1. The van der Waals surface area contributed by atoms with E-state index in [2.05, 4.69) is 59.2 Å². The molecule has 1 amide bonds. The third kappa shape index (κ3) is 7.67. The van der Waals surface area contributed by atoms with Crippen LogP contribution < -0.4 is 14.9 Å². The number of nitrogens with one attached hydrogen (secondary N) is 3. The lowest BCUT2D eigenvalue weighted by Crippen LogP contribution is -2.55. The predicted molar refractivity (Wildman–Crippen MR) is 245 cm³/mol. The van der Waals surface area contributed by atoms with Crippen molar-refractivity contribution in [3.8, 4) is 5.69 Å². The fraction of sp³-hybridized carbons (Fsp3) is 0.458. The number of hydrogen-bond acceptors (Lipinski definition) is 11. The summed E-state index contributed by atoms with van der Waals surface area (Å²) in [6.07, 6.45) is 19.7. The molecule has 11 rings (SSSR count). The number of nitro groups is 1. The average Bonchev–Trinajstić information content (AvgIpc) is 3.63. The Bertz CT molecular complexity index is 2870. The summed E-state index contributed by atoms with van der Waals surface area (Å²) in [6.45, 7) is 3.41. The van der Waals surface area contributed by atoms with Gasteiger partial charge in [0.15, 0.2) is 0 Å². The lowest BCUT2D eigenvalue weighted by Gasteiger charge is -2.56. The van der Waals surface area contributed by atoms with Crippen LogP contribution in [-0.4, -0.2) is 81.1 Å². The topological polar surface area (TPSA) is 184 Å². The second-order valence-corrected chi connectivity index (χ2v) is 20.7. The molecule has 4 aromatic heterocycles. The molecular formula is C48H54N10O5S. The van der Waals surface area contributed by atoms with Crippen molar-refractivity contribution in [3.05, 3.63) is 106 Å². The molecule has 1 spiro atoms. The van der Waals surface area contributed by atoms with Gasteiger partial charge in [-0.1, -0.05) is 43.5 Å². The zero-order valence-corrected chi connectivity index (χ0v) is 36.7. The third-order valence-corrected chi connectivity index (χ3v) is 16.3. The first-order valence-electron chi connectivity index (χ1n) is 23.1. The van der Waals surface area contributed by atoms with E-state index < -0.39 is 31.4 Å². The van der Waals surface area contributed by atoms with Gasteiger partial charge in [-0.25, -0.2) is 27.8 Å². The van der Waals surface area contributed by atoms with Gasteiger partial charge in [-0.2, -0.15) is 5.10 Å². The quantitative estimate of drug-likeness (QED) is 0.0789. The van der Waals surface area contributed by atoms with Gasteiger partial charge in [0, 0.05) is 55.1 Å². The van der Waals surface area contributed by atoms with Gasteiger partial charge in [0.2, 0.25) is 5.82 Å². The Morgan fingerprint density at radius 2 is 1.70 bits per heavy atom. The van der Waals surface area contributed by atoms with Crippen molar-refractivity contribution >= 4 is 55.2 Å². The van der Waals surface area contributed by atoms with Crippen LogP contribution >= 0.6 is 0 Å². The summed E-state index contributed by atoms with van der Waals surface area (Å²) in [5, 5.41) is 20.7. The van der Waals surface area contributed by atoms with Gasteiger partial charge < -0.3 is 15.2 Å². The fourth-order valence-corrected chi connectivity index (χ4v) is 12.3. The summed E-state index contributed by atoms with van der Waals surface area (Å²) in [7, 11) is -4.59. The minimum absolute atomic E-state index is 0.000661. The Labute approximate surface area is 372 Å². The number of carbonyl (C=O) groups is 1. The molecular weight excluding hydrogens is 829 g/mol. The first-order chi connectivity index (χ1) is 31.1.